The van der Waals surface area contributed by atoms with E-state index in [0.717, 1.165) is 51.5 Å². The molecule has 10 rings (SSSR count). The van der Waals surface area contributed by atoms with Crippen LogP contribution < -0.4 is 0 Å². The molecule has 4 heterocycles. The van der Waals surface area contributed by atoms with E-state index in [1.807, 2.05) is 84.9 Å². The first-order valence-corrected chi connectivity index (χ1v) is 18.8. The highest BCUT2D eigenvalue weighted by atomic mass is 32.2. The summed E-state index contributed by atoms with van der Waals surface area (Å²) in [5.41, 5.74) is -1.34. The van der Waals surface area contributed by atoms with Gasteiger partial charge >= 0.3 is 17.8 Å². The lowest BCUT2D eigenvalue weighted by Gasteiger charge is -2.47. The fraction of sp³-hybridized carbons (Fsp3) is 0.179. The van der Waals surface area contributed by atoms with Crippen LogP contribution in [0.5, 0.6) is 0 Å². The number of fused-ring (bicyclic) bond motifs is 10. The average molecular weight is 733 g/mol. The average Bonchev–Trinajstić information content (AvgIpc) is 3.84. The van der Waals surface area contributed by atoms with Gasteiger partial charge in [0.05, 0.1) is 9.49 Å². The third-order valence-corrected chi connectivity index (χ3v) is 16.3. The Balaban J connectivity index is 1.18. The standard InChI is InChI=1S/C39H22F6S4/c1-35-25(17-31(48-35)19-11-13-29-23(15-19)21-7-3-5-9-27(21)46-29)33-34(38(42,43)39(44,45)37(33,40)41)26-18-32(49-36(26,35)2)20-12-14-30-24(16-20)22-8-4-6-10-28(22)47-30/h3-18H,1-2H3. The van der Waals surface area contributed by atoms with E-state index in [2.05, 4.69) is 0 Å². The molecule has 2 aromatic heterocycles. The van der Waals surface area contributed by atoms with Crippen molar-refractivity contribution in [1.29, 1.82) is 0 Å². The van der Waals surface area contributed by atoms with Crippen molar-refractivity contribution in [3.8, 4) is 0 Å². The van der Waals surface area contributed by atoms with Crippen molar-refractivity contribution in [1.82, 2.24) is 0 Å². The minimum Gasteiger partial charge on any atom is -0.194 e. The molecule has 0 nitrogen and oxygen atoms in total. The predicted molar refractivity (Wildman–Crippen MR) is 196 cm³/mol. The Morgan fingerprint density at radius 3 is 1.29 bits per heavy atom. The number of hydrogen-bond acceptors (Lipinski definition) is 4. The number of benzene rings is 4. The lowest BCUT2D eigenvalue weighted by Crippen LogP contribution is -2.48. The van der Waals surface area contributed by atoms with Crippen LogP contribution in [-0.4, -0.2) is 27.3 Å². The van der Waals surface area contributed by atoms with E-state index in [-0.39, 0.29) is 11.1 Å². The first-order chi connectivity index (χ1) is 23.3. The second-order valence-corrected chi connectivity index (χ2v) is 18.3. The minimum absolute atomic E-state index is 0.160. The molecule has 4 aliphatic rings. The van der Waals surface area contributed by atoms with Crippen LogP contribution in [0, 0.1) is 0 Å². The van der Waals surface area contributed by atoms with Crippen molar-refractivity contribution >= 4 is 96.4 Å². The summed E-state index contributed by atoms with van der Waals surface area (Å²) in [6.07, 6.45) is 2.93. The summed E-state index contributed by atoms with van der Waals surface area (Å²) < 4.78 is 96.2. The molecule has 0 N–H and O–H groups in total. The van der Waals surface area contributed by atoms with Crippen LogP contribution in [0.25, 0.3) is 50.2 Å². The molecular weight excluding hydrogens is 711 g/mol. The minimum atomic E-state index is -5.59. The topological polar surface area (TPSA) is 0 Å². The summed E-state index contributed by atoms with van der Waals surface area (Å²) in [4.78, 5) is 1.16. The van der Waals surface area contributed by atoms with Gasteiger partial charge in [-0.15, -0.1) is 46.2 Å². The molecule has 2 aliphatic carbocycles. The molecule has 0 saturated heterocycles. The molecular formula is C39H22F6S4. The van der Waals surface area contributed by atoms with Crippen molar-refractivity contribution in [3.05, 3.63) is 131 Å². The maximum Gasteiger partial charge on any atom is 0.380 e. The molecule has 2 atom stereocenters. The molecule has 10 heteroatoms. The third kappa shape index (κ3) is 3.61. The molecule has 0 amide bonds. The molecule has 6 aromatic rings. The van der Waals surface area contributed by atoms with Crippen molar-refractivity contribution in [2.75, 3.05) is 0 Å². The van der Waals surface area contributed by atoms with E-state index in [0.29, 0.717) is 9.81 Å². The molecule has 0 bridgehead atoms. The molecule has 0 radical (unpaired) electrons. The highest BCUT2D eigenvalue weighted by Gasteiger charge is 2.84. The Labute approximate surface area is 292 Å². The molecule has 2 aliphatic heterocycles. The van der Waals surface area contributed by atoms with E-state index in [4.69, 9.17) is 0 Å². The summed E-state index contributed by atoms with van der Waals surface area (Å²) in [6, 6.07) is 27.6. The van der Waals surface area contributed by atoms with E-state index >= 15 is 26.3 Å². The monoisotopic (exact) mass is 732 g/mol. The first kappa shape index (κ1) is 30.4. The summed E-state index contributed by atoms with van der Waals surface area (Å²) in [5.74, 6) is -15.7. The van der Waals surface area contributed by atoms with Crippen LogP contribution in [0.15, 0.2) is 119 Å². The van der Waals surface area contributed by atoms with Gasteiger partial charge in [0.25, 0.3) is 0 Å². The van der Waals surface area contributed by atoms with Gasteiger partial charge in [-0.25, -0.2) is 0 Å². The van der Waals surface area contributed by atoms with Crippen LogP contribution in [0.4, 0.5) is 26.3 Å². The lowest BCUT2D eigenvalue weighted by molar-refractivity contribution is -0.258. The largest absolute Gasteiger partial charge is 0.380 e. The zero-order chi connectivity index (χ0) is 33.9. The summed E-state index contributed by atoms with van der Waals surface area (Å²) in [7, 11) is 0. The Morgan fingerprint density at radius 2 is 0.857 bits per heavy atom. The van der Waals surface area contributed by atoms with Gasteiger partial charge < -0.3 is 0 Å². The molecule has 244 valence electrons. The van der Waals surface area contributed by atoms with Crippen LogP contribution in [0.3, 0.4) is 0 Å². The molecule has 49 heavy (non-hydrogen) atoms. The second-order valence-electron chi connectivity index (χ2n) is 13.2. The van der Waals surface area contributed by atoms with Crippen molar-refractivity contribution in [2.45, 2.75) is 41.1 Å². The van der Waals surface area contributed by atoms with Gasteiger partial charge in [0.1, 0.15) is 0 Å². The molecule has 0 spiro atoms. The number of alkyl halides is 6. The number of rotatable bonds is 2. The maximum atomic E-state index is 15.9. The van der Waals surface area contributed by atoms with Crippen molar-refractivity contribution < 1.29 is 26.3 Å². The Morgan fingerprint density at radius 1 is 0.469 bits per heavy atom. The second kappa shape index (κ2) is 9.46. The van der Waals surface area contributed by atoms with Crippen molar-refractivity contribution in [3.63, 3.8) is 0 Å². The predicted octanol–water partition coefficient (Wildman–Crippen LogP) is 13.3. The third-order valence-electron chi connectivity index (χ3n) is 10.6. The summed E-state index contributed by atoms with van der Waals surface area (Å²) >= 11 is 5.86. The van der Waals surface area contributed by atoms with Crippen LogP contribution in [-0.2, 0) is 0 Å². The van der Waals surface area contributed by atoms with Gasteiger partial charge in [0.2, 0.25) is 0 Å². The number of allylic oxidation sites excluding steroid dienone is 4. The van der Waals surface area contributed by atoms with Gasteiger partial charge in [-0.2, -0.15) is 26.3 Å². The number of thiophene rings is 2. The maximum absolute atomic E-state index is 15.9. The first-order valence-electron chi connectivity index (χ1n) is 15.6. The van der Waals surface area contributed by atoms with Crippen molar-refractivity contribution in [2.24, 2.45) is 0 Å². The van der Waals surface area contributed by atoms with Gasteiger partial charge in [-0.1, -0.05) is 48.5 Å². The molecule has 4 aromatic carbocycles. The highest BCUT2D eigenvalue weighted by Crippen LogP contribution is 2.75. The highest BCUT2D eigenvalue weighted by molar-refractivity contribution is 8.14. The lowest BCUT2D eigenvalue weighted by atomic mass is 9.71. The van der Waals surface area contributed by atoms with E-state index in [1.54, 1.807) is 36.5 Å². The molecule has 1 saturated carbocycles. The zero-order valence-corrected chi connectivity index (χ0v) is 28.9. The molecule has 1 fully saturated rings. The van der Waals surface area contributed by atoms with Gasteiger partial charge in [-0.3, -0.25) is 0 Å². The van der Waals surface area contributed by atoms with Gasteiger partial charge in [0.15, 0.2) is 0 Å². The zero-order valence-electron chi connectivity index (χ0n) is 25.6. The summed E-state index contributed by atoms with van der Waals surface area (Å²) in [6.45, 7) is 3.48. The quantitative estimate of drug-likeness (QED) is 0.163. The van der Waals surface area contributed by atoms with Gasteiger partial charge in [-0.05, 0) is 84.7 Å². The van der Waals surface area contributed by atoms with E-state index in [9.17, 15) is 0 Å². The molecule has 2 unspecified atom stereocenters. The Bertz CT molecular complexity index is 2460. The van der Waals surface area contributed by atoms with Crippen LogP contribution in [0.1, 0.15) is 25.0 Å². The fourth-order valence-corrected chi connectivity index (χ4v) is 13.2. The van der Waals surface area contributed by atoms with Crippen LogP contribution >= 0.6 is 46.2 Å². The summed E-state index contributed by atoms with van der Waals surface area (Å²) in [5, 5.41) is 4.08. The smallest absolute Gasteiger partial charge is 0.194 e. The number of hydrogen-bond donors (Lipinski definition) is 0. The SMILES string of the molecule is CC12SC(c3ccc4sc5ccccc5c4c3)=CC1=C1C(=C3C=C(c4ccc5sc6ccccc6c5c4)SC32C)C(F)(F)C(F)(F)C1(F)F. The van der Waals surface area contributed by atoms with E-state index in [1.165, 1.54) is 35.7 Å². The Hall–Kier alpha value is -3.44. The number of thioether (sulfide) groups is 2. The fourth-order valence-electron chi connectivity index (χ4n) is 7.95. The normalized spacial score (nSPS) is 26.5. The number of halogens is 6. The van der Waals surface area contributed by atoms with E-state index < -0.39 is 38.4 Å². The van der Waals surface area contributed by atoms with Gasteiger partial charge in [0, 0.05) is 61.3 Å². The van der Waals surface area contributed by atoms with Crippen LogP contribution in [0.2, 0.25) is 0 Å². The Kier molecular flexibility index (Phi) is 5.86.